The SMILES string of the molecule is O=C(NCc1cccc(COCc2ccccc2)c1)c1ccc(S(=O)(=O)NCc2ccco2)cc1. The van der Waals surface area contributed by atoms with E-state index < -0.39 is 10.0 Å². The van der Waals surface area contributed by atoms with Gasteiger partial charge in [0.05, 0.1) is 30.9 Å². The first-order valence-corrected chi connectivity index (χ1v) is 12.6. The molecule has 35 heavy (non-hydrogen) atoms. The Bertz CT molecular complexity index is 1340. The van der Waals surface area contributed by atoms with E-state index in [-0.39, 0.29) is 17.3 Å². The molecule has 8 heteroatoms. The Balaban J connectivity index is 1.27. The first kappa shape index (κ1) is 24.4. The molecule has 180 valence electrons. The van der Waals surface area contributed by atoms with E-state index in [4.69, 9.17) is 9.15 Å². The Morgan fingerprint density at radius 1 is 0.771 bits per heavy atom. The number of benzene rings is 3. The summed E-state index contributed by atoms with van der Waals surface area (Å²) in [4.78, 5) is 12.6. The summed E-state index contributed by atoms with van der Waals surface area (Å²) < 4.78 is 38.3. The summed E-state index contributed by atoms with van der Waals surface area (Å²) in [6.07, 6.45) is 1.48. The standard InChI is InChI=1S/C27H26N2O5S/c30-27(24-11-13-26(14-12-24)35(31,32)29-18-25-10-5-15-34-25)28-17-22-8-4-9-23(16-22)20-33-19-21-6-2-1-3-7-21/h1-16,29H,17-20H2,(H,28,30). The van der Waals surface area contributed by atoms with E-state index in [0.717, 1.165) is 16.7 Å². The molecule has 0 atom stereocenters. The third-order valence-electron chi connectivity index (χ3n) is 5.27. The van der Waals surface area contributed by atoms with E-state index in [1.165, 1.54) is 30.5 Å². The van der Waals surface area contributed by atoms with Gasteiger partial charge in [-0.1, -0.05) is 54.6 Å². The third kappa shape index (κ3) is 7.13. The molecule has 1 amide bonds. The van der Waals surface area contributed by atoms with Crippen LogP contribution in [0.15, 0.2) is 107 Å². The minimum atomic E-state index is -3.72. The zero-order valence-corrected chi connectivity index (χ0v) is 19.8. The minimum Gasteiger partial charge on any atom is -0.468 e. The van der Waals surface area contributed by atoms with E-state index in [1.807, 2.05) is 54.6 Å². The van der Waals surface area contributed by atoms with Gasteiger partial charge < -0.3 is 14.5 Å². The highest BCUT2D eigenvalue weighted by Crippen LogP contribution is 2.13. The van der Waals surface area contributed by atoms with Crippen molar-refractivity contribution in [3.63, 3.8) is 0 Å². The van der Waals surface area contributed by atoms with Gasteiger partial charge in [-0.2, -0.15) is 0 Å². The second kappa shape index (κ2) is 11.6. The third-order valence-corrected chi connectivity index (χ3v) is 6.69. The second-order valence-corrected chi connectivity index (χ2v) is 9.68. The Kier molecular flexibility index (Phi) is 8.10. The molecule has 0 aliphatic rings. The minimum absolute atomic E-state index is 0.0495. The van der Waals surface area contributed by atoms with Crippen molar-refractivity contribution >= 4 is 15.9 Å². The van der Waals surface area contributed by atoms with Crippen LogP contribution >= 0.6 is 0 Å². The fourth-order valence-corrected chi connectivity index (χ4v) is 4.42. The lowest BCUT2D eigenvalue weighted by Crippen LogP contribution is -2.24. The molecule has 0 saturated heterocycles. The van der Waals surface area contributed by atoms with E-state index in [1.54, 1.807) is 12.1 Å². The highest BCUT2D eigenvalue weighted by Gasteiger charge is 2.15. The first-order valence-electron chi connectivity index (χ1n) is 11.1. The zero-order chi connectivity index (χ0) is 24.5. The van der Waals surface area contributed by atoms with Crippen LogP contribution in [-0.4, -0.2) is 14.3 Å². The summed E-state index contributed by atoms with van der Waals surface area (Å²) in [6.45, 7) is 1.40. The van der Waals surface area contributed by atoms with Crippen molar-refractivity contribution in [3.8, 4) is 0 Å². The van der Waals surface area contributed by atoms with Crippen LogP contribution in [-0.2, 0) is 41.1 Å². The van der Waals surface area contributed by atoms with Gasteiger partial charge in [0.2, 0.25) is 10.0 Å². The van der Waals surface area contributed by atoms with Gasteiger partial charge in [0.25, 0.3) is 5.91 Å². The largest absolute Gasteiger partial charge is 0.468 e. The van der Waals surface area contributed by atoms with Gasteiger partial charge >= 0.3 is 0 Å². The number of ether oxygens (including phenoxy) is 1. The number of nitrogens with one attached hydrogen (secondary N) is 2. The van der Waals surface area contributed by atoms with Gasteiger partial charge in [-0.25, -0.2) is 13.1 Å². The summed E-state index contributed by atoms with van der Waals surface area (Å²) in [6, 6.07) is 27.0. The van der Waals surface area contributed by atoms with Gasteiger partial charge in [-0.3, -0.25) is 4.79 Å². The smallest absolute Gasteiger partial charge is 0.251 e. The highest BCUT2D eigenvalue weighted by molar-refractivity contribution is 7.89. The highest BCUT2D eigenvalue weighted by atomic mass is 32.2. The molecule has 0 radical (unpaired) electrons. The Labute approximate surface area is 204 Å². The Morgan fingerprint density at radius 3 is 2.23 bits per heavy atom. The van der Waals surface area contributed by atoms with Crippen molar-refractivity contribution in [2.24, 2.45) is 0 Å². The van der Waals surface area contributed by atoms with Crippen molar-refractivity contribution in [3.05, 3.63) is 125 Å². The maximum Gasteiger partial charge on any atom is 0.251 e. The molecule has 3 aromatic carbocycles. The van der Waals surface area contributed by atoms with Crippen molar-refractivity contribution in [1.29, 1.82) is 0 Å². The fraction of sp³-hybridized carbons (Fsp3) is 0.148. The predicted molar refractivity (Wildman–Crippen MR) is 132 cm³/mol. The molecule has 0 aliphatic heterocycles. The number of carbonyl (C=O) groups is 1. The Hall–Kier alpha value is -3.72. The van der Waals surface area contributed by atoms with Crippen LogP contribution in [0.2, 0.25) is 0 Å². The number of amides is 1. The zero-order valence-electron chi connectivity index (χ0n) is 19.0. The molecule has 4 rings (SSSR count). The lowest BCUT2D eigenvalue weighted by molar-refractivity contribution is 0.0950. The van der Waals surface area contributed by atoms with Crippen molar-refractivity contribution in [2.75, 3.05) is 0 Å². The molecule has 7 nitrogen and oxygen atoms in total. The molecule has 0 bridgehead atoms. The van der Waals surface area contributed by atoms with Gasteiger partial charge in [-0.15, -0.1) is 0 Å². The van der Waals surface area contributed by atoms with Crippen LogP contribution in [0.5, 0.6) is 0 Å². The number of furan rings is 1. The number of hydrogen-bond acceptors (Lipinski definition) is 5. The van der Waals surface area contributed by atoms with E-state index >= 15 is 0 Å². The van der Waals surface area contributed by atoms with Gasteiger partial charge in [0.15, 0.2) is 0 Å². The summed E-state index contributed by atoms with van der Waals surface area (Å²) in [5.74, 6) is 0.222. The van der Waals surface area contributed by atoms with Crippen LogP contribution in [0.3, 0.4) is 0 Å². The summed E-state index contributed by atoms with van der Waals surface area (Å²) in [7, 11) is -3.72. The molecule has 0 spiro atoms. The van der Waals surface area contributed by atoms with Crippen molar-refractivity contribution in [2.45, 2.75) is 31.2 Å². The molecule has 0 aliphatic carbocycles. The second-order valence-electron chi connectivity index (χ2n) is 7.91. The summed E-state index contributed by atoms with van der Waals surface area (Å²) in [5.41, 5.74) is 3.45. The topological polar surface area (TPSA) is 97.6 Å². The van der Waals surface area contributed by atoms with Gasteiger partial charge in [-0.05, 0) is 53.1 Å². The van der Waals surface area contributed by atoms with E-state index in [0.29, 0.717) is 31.1 Å². The normalized spacial score (nSPS) is 11.3. The maximum absolute atomic E-state index is 12.6. The fourth-order valence-electron chi connectivity index (χ4n) is 3.42. The Morgan fingerprint density at radius 2 is 1.49 bits per heavy atom. The molecule has 2 N–H and O–H groups in total. The van der Waals surface area contributed by atoms with Crippen LogP contribution < -0.4 is 10.0 Å². The number of rotatable bonds is 11. The number of carbonyl (C=O) groups excluding carboxylic acids is 1. The average Bonchev–Trinajstić information content (AvgIpc) is 3.41. The molecule has 0 saturated carbocycles. The lowest BCUT2D eigenvalue weighted by Gasteiger charge is -2.09. The number of hydrogen-bond donors (Lipinski definition) is 2. The van der Waals surface area contributed by atoms with E-state index in [2.05, 4.69) is 10.0 Å². The van der Waals surface area contributed by atoms with Crippen LogP contribution in [0, 0.1) is 0 Å². The van der Waals surface area contributed by atoms with Gasteiger partial charge in [0, 0.05) is 12.1 Å². The quantitative estimate of drug-likeness (QED) is 0.325. The predicted octanol–water partition coefficient (Wildman–Crippen LogP) is 4.40. The van der Waals surface area contributed by atoms with E-state index in [9.17, 15) is 13.2 Å². The molecule has 1 heterocycles. The first-order chi connectivity index (χ1) is 17.0. The molecule has 0 fully saturated rings. The maximum atomic E-state index is 12.6. The summed E-state index contributed by atoms with van der Waals surface area (Å²) >= 11 is 0. The number of sulfonamides is 1. The van der Waals surface area contributed by atoms with Crippen molar-refractivity contribution in [1.82, 2.24) is 10.0 Å². The van der Waals surface area contributed by atoms with Crippen LogP contribution in [0.1, 0.15) is 32.8 Å². The molecule has 0 unspecified atom stereocenters. The molecular formula is C27H26N2O5S. The molecule has 1 aromatic heterocycles. The monoisotopic (exact) mass is 490 g/mol. The van der Waals surface area contributed by atoms with Crippen LogP contribution in [0.25, 0.3) is 0 Å². The molecular weight excluding hydrogens is 464 g/mol. The van der Waals surface area contributed by atoms with Crippen molar-refractivity contribution < 1.29 is 22.4 Å². The molecule has 4 aromatic rings. The average molecular weight is 491 g/mol. The van der Waals surface area contributed by atoms with Crippen LogP contribution in [0.4, 0.5) is 0 Å². The summed E-state index contributed by atoms with van der Waals surface area (Å²) in [5, 5.41) is 2.87. The lowest BCUT2D eigenvalue weighted by atomic mass is 10.1. The van der Waals surface area contributed by atoms with Gasteiger partial charge in [0.1, 0.15) is 5.76 Å².